The molecule has 0 saturated heterocycles. The summed E-state index contributed by atoms with van der Waals surface area (Å²) in [6.07, 6.45) is 2.68. The number of amides is 1. The molecule has 17 heavy (non-hydrogen) atoms. The highest BCUT2D eigenvalue weighted by Gasteiger charge is 2.14. The standard InChI is InChI=1S/C13H15NO3/c1-3-6-10(9-15)14-13(16)11-7-4-5-8-12(11)17-2/h3-5,7-10H,1,6H2,2H3,(H,14,16). The van der Waals surface area contributed by atoms with Gasteiger partial charge in [-0.2, -0.15) is 0 Å². The summed E-state index contributed by atoms with van der Waals surface area (Å²) in [4.78, 5) is 22.6. The number of aldehydes is 1. The van der Waals surface area contributed by atoms with Gasteiger partial charge in [0.2, 0.25) is 0 Å². The van der Waals surface area contributed by atoms with Crippen LogP contribution in [-0.2, 0) is 4.79 Å². The summed E-state index contributed by atoms with van der Waals surface area (Å²) in [5.74, 6) is 0.148. The highest BCUT2D eigenvalue weighted by Crippen LogP contribution is 2.17. The SMILES string of the molecule is C=CCC(C=O)NC(=O)c1ccccc1OC. The molecule has 1 unspecified atom stereocenters. The van der Waals surface area contributed by atoms with Gasteiger partial charge in [0.05, 0.1) is 18.7 Å². The summed E-state index contributed by atoms with van der Waals surface area (Å²) in [6.45, 7) is 3.53. The van der Waals surface area contributed by atoms with E-state index < -0.39 is 6.04 Å². The quantitative estimate of drug-likeness (QED) is 0.599. The van der Waals surface area contributed by atoms with Gasteiger partial charge < -0.3 is 14.8 Å². The lowest BCUT2D eigenvalue weighted by atomic mass is 10.1. The zero-order valence-corrected chi connectivity index (χ0v) is 9.68. The summed E-state index contributed by atoms with van der Waals surface area (Å²) in [5, 5.41) is 2.60. The first-order valence-electron chi connectivity index (χ1n) is 5.23. The molecule has 0 bridgehead atoms. The third-order valence-electron chi connectivity index (χ3n) is 2.25. The lowest BCUT2D eigenvalue weighted by molar-refractivity contribution is -0.109. The number of ether oxygens (including phenoxy) is 1. The zero-order valence-electron chi connectivity index (χ0n) is 9.68. The lowest BCUT2D eigenvalue weighted by Gasteiger charge is -2.12. The number of rotatable bonds is 6. The van der Waals surface area contributed by atoms with Gasteiger partial charge in [-0.15, -0.1) is 6.58 Å². The third-order valence-corrected chi connectivity index (χ3v) is 2.25. The van der Waals surface area contributed by atoms with E-state index in [1.54, 1.807) is 30.3 Å². The van der Waals surface area contributed by atoms with E-state index in [0.29, 0.717) is 24.0 Å². The summed E-state index contributed by atoms with van der Waals surface area (Å²) in [6, 6.07) is 6.30. The zero-order chi connectivity index (χ0) is 12.7. The van der Waals surface area contributed by atoms with Crippen LogP contribution in [0, 0.1) is 0 Å². The fraction of sp³-hybridized carbons (Fsp3) is 0.231. The molecule has 0 radical (unpaired) electrons. The van der Waals surface area contributed by atoms with Crippen molar-refractivity contribution in [1.29, 1.82) is 0 Å². The Bertz CT molecular complexity index is 415. The number of methoxy groups -OCH3 is 1. The van der Waals surface area contributed by atoms with E-state index in [2.05, 4.69) is 11.9 Å². The lowest BCUT2D eigenvalue weighted by Crippen LogP contribution is -2.35. The second kappa shape index (κ2) is 6.48. The minimum Gasteiger partial charge on any atom is -0.496 e. The maximum absolute atomic E-state index is 11.9. The second-order valence-electron chi connectivity index (χ2n) is 3.44. The van der Waals surface area contributed by atoms with Crippen LogP contribution in [0.1, 0.15) is 16.8 Å². The first-order valence-corrected chi connectivity index (χ1v) is 5.23. The van der Waals surface area contributed by atoms with Gasteiger partial charge in [0.15, 0.2) is 0 Å². The molecule has 1 rings (SSSR count). The first kappa shape index (κ1) is 13.0. The molecule has 1 aromatic rings. The van der Waals surface area contributed by atoms with Gasteiger partial charge in [0, 0.05) is 0 Å². The molecule has 0 aliphatic carbocycles. The fourth-order valence-corrected chi connectivity index (χ4v) is 1.41. The molecule has 0 spiro atoms. The maximum Gasteiger partial charge on any atom is 0.255 e. The van der Waals surface area contributed by atoms with Crippen LogP contribution in [0.2, 0.25) is 0 Å². The van der Waals surface area contributed by atoms with E-state index in [-0.39, 0.29) is 5.91 Å². The van der Waals surface area contributed by atoms with Crippen molar-refractivity contribution in [3.05, 3.63) is 42.5 Å². The molecule has 0 saturated carbocycles. The van der Waals surface area contributed by atoms with E-state index in [0.717, 1.165) is 0 Å². The number of hydrogen-bond acceptors (Lipinski definition) is 3. The van der Waals surface area contributed by atoms with Gasteiger partial charge in [0.25, 0.3) is 5.91 Å². The van der Waals surface area contributed by atoms with E-state index in [1.165, 1.54) is 7.11 Å². The van der Waals surface area contributed by atoms with Crippen molar-refractivity contribution in [3.63, 3.8) is 0 Å². The summed E-state index contributed by atoms with van der Waals surface area (Å²) >= 11 is 0. The average Bonchev–Trinajstić information content (AvgIpc) is 2.38. The topological polar surface area (TPSA) is 55.4 Å². The normalized spacial score (nSPS) is 11.4. The third kappa shape index (κ3) is 3.45. The molecule has 0 aliphatic heterocycles. The molecule has 1 aromatic carbocycles. The fourth-order valence-electron chi connectivity index (χ4n) is 1.41. The highest BCUT2D eigenvalue weighted by atomic mass is 16.5. The van der Waals surface area contributed by atoms with E-state index in [4.69, 9.17) is 4.74 Å². The molecule has 1 N–H and O–H groups in total. The van der Waals surface area contributed by atoms with E-state index in [1.807, 2.05) is 0 Å². The van der Waals surface area contributed by atoms with Crippen LogP contribution in [0.25, 0.3) is 0 Å². The predicted molar refractivity (Wildman–Crippen MR) is 65.1 cm³/mol. The molecule has 0 fully saturated rings. The van der Waals surface area contributed by atoms with Crippen LogP contribution in [0.5, 0.6) is 5.75 Å². The predicted octanol–water partition coefficient (Wildman–Crippen LogP) is 1.57. The summed E-state index contributed by atoms with van der Waals surface area (Å²) in [5.41, 5.74) is 0.408. The number of carbonyl (C=O) groups is 2. The van der Waals surface area contributed by atoms with Gasteiger partial charge in [-0.3, -0.25) is 4.79 Å². The monoisotopic (exact) mass is 233 g/mol. The van der Waals surface area contributed by atoms with Crippen molar-refractivity contribution in [1.82, 2.24) is 5.32 Å². The molecule has 1 amide bonds. The van der Waals surface area contributed by atoms with Crippen molar-refractivity contribution < 1.29 is 14.3 Å². The number of benzene rings is 1. The Morgan fingerprint density at radius 3 is 2.82 bits per heavy atom. The average molecular weight is 233 g/mol. The van der Waals surface area contributed by atoms with Gasteiger partial charge in [-0.05, 0) is 18.6 Å². The van der Waals surface area contributed by atoms with Crippen molar-refractivity contribution in [2.45, 2.75) is 12.5 Å². The Morgan fingerprint density at radius 2 is 2.24 bits per heavy atom. The molecule has 0 aromatic heterocycles. The van der Waals surface area contributed by atoms with Crippen LogP contribution in [0.15, 0.2) is 36.9 Å². The molecule has 4 heteroatoms. The Labute approximate surface area is 100 Å². The highest BCUT2D eigenvalue weighted by molar-refractivity contribution is 5.98. The molecular formula is C13H15NO3. The van der Waals surface area contributed by atoms with Crippen LogP contribution in [0.4, 0.5) is 0 Å². The summed E-state index contributed by atoms with van der Waals surface area (Å²) in [7, 11) is 1.49. The van der Waals surface area contributed by atoms with Gasteiger partial charge in [0.1, 0.15) is 12.0 Å². The molecule has 4 nitrogen and oxygen atoms in total. The summed E-state index contributed by atoms with van der Waals surface area (Å²) < 4.78 is 5.07. The smallest absolute Gasteiger partial charge is 0.255 e. The Kier molecular flexibility index (Phi) is 4.94. The van der Waals surface area contributed by atoms with Gasteiger partial charge in [-0.25, -0.2) is 0 Å². The Morgan fingerprint density at radius 1 is 1.53 bits per heavy atom. The largest absolute Gasteiger partial charge is 0.496 e. The molecule has 1 atom stereocenters. The number of hydrogen-bond donors (Lipinski definition) is 1. The maximum atomic E-state index is 11.9. The Hall–Kier alpha value is -2.10. The van der Waals surface area contributed by atoms with Gasteiger partial charge >= 0.3 is 0 Å². The van der Waals surface area contributed by atoms with Crippen LogP contribution in [-0.4, -0.2) is 25.3 Å². The van der Waals surface area contributed by atoms with Crippen LogP contribution in [0.3, 0.4) is 0 Å². The molecule has 0 aliphatic rings. The van der Waals surface area contributed by atoms with Gasteiger partial charge in [-0.1, -0.05) is 18.2 Å². The van der Waals surface area contributed by atoms with E-state index >= 15 is 0 Å². The number of nitrogens with one attached hydrogen (secondary N) is 1. The van der Waals surface area contributed by atoms with Crippen molar-refractivity contribution in [2.75, 3.05) is 7.11 Å². The molecular weight excluding hydrogens is 218 g/mol. The first-order chi connectivity index (χ1) is 8.22. The number of carbonyl (C=O) groups excluding carboxylic acids is 2. The minimum atomic E-state index is -0.551. The van der Waals surface area contributed by atoms with Crippen LogP contribution < -0.4 is 10.1 Å². The van der Waals surface area contributed by atoms with Crippen molar-refractivity contribution in [3.8, 4) is 5.75 Å². The minimum absolute atomic E-state index is 0.332. The van der Waals surface area contributed by atoms with Crippen molar-refractivity contribution >= 4 is 12.2 Å². The number of para-hydroxylation sites is 1. The molecule has 90 valence electrons. The Balaban J connectivity index is 2.81. The second-order valence-corrected chi connectivity index (χ2v) is 3.44. The van der Waals surface area contributed by atoms with Crippen molar-refractivity contribution in [2.24, 2.45) is 0 Å². The van der Waals surface area contributed by atoms with Crippen LogP contribution >= 0.6 is 0 Å². The van der Waals surface area contributed by atoms with E-state index in [9.17, 15) is 9.59 Å². The molecule has 0 heterocycles.